The van der Waals surface area contributed by atoms with Crippen LogP contribution in [-0.2, 0) is 13.0 Å². The van der Waals surface area contributed by atoms with Crippen molar-refractivity contribution in [2.45, 2.75) is 38.8 Å². The lowest BCUT2D eigenvalue weighted by Gasteiger charge is -2.21. The molecule has 3 aromatic rings. The van der Waals surface area contributed by atoms with Crippen LogP contribution in [0.2, 0.25) is 0 Å². The first kappa shape index (κ1) is 17.6. The second kappa shape index (κ2) is 6.25. The summed E-state index contributed by atoms with van der Waals surface area (Å²) in [5, 5.41) is 9.83. The molecule has 0 radical (unpaired) electrons. The van der Waals surface area contributed by atoms with E-state index in [1.54, 1.807) is 11.3 Å². The van der Waals surface area contributed by atoms with Gasteiger partial charge in [-0.05, 0) is 56.5 Å². The zero-order chi connectivity index (χ0) is 19.6. The van der Waals surface area contributed by atoms with E-state index in [-0.39, 0.29) is 11.6 Å². The minimum absolute atomic E-state index is 0.178. The highest BCUT2D eigenvalue weighted by Crippen LogP contribution is 2.39. The molecule has 1 saturated carbocycles. The van der Waals surface area contributed by atoms with Crippen molar-refractivity contribution in [3.63, 3.8) is 0 Å². The Hall–Kier alpha value is -2.51. The van der Waals surface area contributed by atoms with Crippen molar-refractivity contribution in [1.82, 2.24) is 14.5 Å². The number of aromatic carboxylic acids is 1. The zero-order valence-corrected chi connectivity index (χ0v) is 16.7. The predicted molar refractivity (Wildman–Crippen MR) is 109 cm³/mol. The number of rotatable bonds is 3. The topological polar surface area (TPSA) is 75.4 Å². The first-order valence-electron chi connectivity index (χ1n) is 9.52. The summed E-state index contributed by atoms with van der Waals surface area (Å²) in [5.74, 6) is -1.18. The third-order valence-electron chi connectivity index (χ3n) is 5.67. The molecule has 0 unspecified atom stereocenters. The van der Waals surface area contributed by atoms with Gasteiger partial charge in [-0.2, -0.15) is 0 Å². The third-order valence-corrected chi connectivity index (χ3v) is 6.84. The van der Waals surface area contributed by atoms with Crippen LogP contribution in [0.5, 0.6) is 0 Å². The summed E-state index contributed by atoms with van der Waals surface area (Å²) >= 11 is 1.77. The SMILES string of the molecule is Cc1cc2c(=O)c(C(=O)O)cn(C3CC3)c2nc1-c1cc2c(s1)CN(C)CC2. The van der Waals surface area contributed by atoms with Crippen molar-refractivity contribution in [3.05, 3.63) is 50.1 Å². The van der Waals surface area contributed by atoms with Crippen LogP contribution >= 0.6 is 11.3 Å². The van der Waals surface area contributed by atoms with Crippen LogP contribution in [0.1, 0.15) is 45.2 Å². The van der Waals surface area contributed by atoms with Crippen molar-refractivity contribution in [1.29, 1.82) is 0 Å². The first-order chi connectivity index (χ1) is 13.4. The molecule has 0 aromatic carbocycles. The Morgan fingerprint density at radius 2 is 2.11 bits per heavy atom. The van der Waals surface area contributed by atoms with Gasteiger partial charge in [0.1, 0.15) is 11.2 Å². The third kappa shape index (κ3) is 2.77. The smallest absolute Gasteiger partial charge is 0.341 e. The fourth-order valence-electron chi connectivity index (χ4n) is 3.97. The number of carboxylic acids is 1. The molecule has 1 aliphatic heterocycles. The fraction of sp³-hybridized carbons (Fsp3) is 0.381. The Morgan fingerprint density at radius 1 is 1.32 bits per heavy atom. The lowest BCUT2D eigenvalue weighted by molar-refractivity contribution is 0.0695. The van der Waals surface area contributed by atoms with Gasteiger partial charge >= 0.3 is 5.97 Å². The summed E-state index contributed by atoms with van der Waals surface area (Å²) in [6.45, 7) is 3.97. The summed E-state index contributed by atoms with van der Waals surface area (Å²) in [7, 11) is 2.14. The van der Waals surface area contributed by atoms with E-state index in [1.807, 2.05) is 17.6 Å². The zero-order valence-electron chi connectivity index (χ0n) is 15.9. The number of carbonyl (C=O) groups is 1. The highest BCUT2D eigenvalue weighted by atomic mass is 32.1. The standard InChI is InChI=1S/C21H21N3O3S/c1-11-7-14-19(25)15(21(26)27)9-24(13-3-4-13)20(14)22-18(11)16-8-12-5-6-23(2)10-17(12)28-16/h7-9,13H,3-6,10H2,1-2H3,(H,26,27). The number of likely N-dealkylation sites (N-methyl/N-ethyl adjacent to an activating group) is 1. The summed E-state index contributed by atoms with van der Waals surface area (Å²) in [6.07, 6.45) is 4.50. The second-order valence-corrected chi connectivity index (χ2v) is 9.02. The number of fused-ring (bicyclic) bond motifs is 2. The molecule has 1 aliphatic carbocycles. The van der Waals surface area contributed by atoms with Crippen LogP contribution in [0.4, 0.5) is 0 Å². The molecular weight excluding hydrogens is 374 g/mol. The normalized spacial score (nSPS) is 17.1. The summed E-state index contributed by atoms with van der Waals surface area (Å²) in [5.41, 5.74) is 3.16. The largest absolute Gasteiger partial charge is 0.477 e. The number of carboxylic acid groups (broad SMARTS) is 1. The highest BCUT2D eigenvalue weighted by molar-refractivity contribution is 7.15. The van der Waals surface area contributed by atoms with Crippen LogP contribution in [-0.4, -0.2) is 39.1 Å². The molecule has 0 amide bonds. The molecule has 0 atom stereocenters. The predicted octanol–water partition coefficient (Wildman–Crippen LogP) is 3.45. The van der Waals surface area contributed by atoms with Gasteiger partial charge in [-0.15, -0.1) is 11.3 Å². The van der Waals surface area contributed by atoms with E-state index >= 15 is 0 Å². The number of hydrogen-bond donors (Lipinski definition) is 1. The Kier molecular flexibility index (Phi) is 3.93. The van der Waals surface area contributed by atoms with Crippen molar-refractivity contribution in [2.24, 2.45) is 0 Å². The van der Waals surface area contributed by atoms with Crippen molar-refractivity contribution in [2.75, 3.05) is 13.6 Å². The molecular formula is C21H21N3O3S. The van der Waals surface area contributed by atoms with Gasteiger partial charge in [0.2, 0.25) is 5.43 Å². The van der Waals surface area contributed by atoms with Gasteiger partial charge in [-0.25, -0.2) is 9.78 Å². The van der Waals surface area contributed by atoms with Gasteiger partial charge in [0.15, 0.2) is 0 Å². The van der Waals surface area contributed by atoms with E-state index in [0.717, 1.165) is 48.5 Å². The Labute approximate surface area is 166 Å². The molecule has 6 nitrogen and oxygen atoms in total. The molecule has 0 spiro atoms. The molecule has 0 saturated heterocycles. The fourth-order valence-corrected chi connectivity index (χ4v) is 5.32. The number of aryl methyl sites for hydroxylation is 1. The van der Waals surface area contributed by atoms with Crippen LogP contribution < -0.4 is 5.43 Å². The quantitative estimate of drug-likeness (QED) is 0.735. The number of pyridine rings is 2. The van der Waals surface area contributed by atoms with E-state index < -0.39 is 11.4 Å². The number of aromatic nitrogens is 2. The van der Waals surface area contributed by atoms with Gasteiger partial charge in [-0.3, -0.25) is 4.79 Å². The summed E-state index contributed by atoms with van der Waals surface area (Å²) in [6, 6.07) is 4.28. The number of thiophene rings is 1. The van der Waals surface area contributed by atoms with Crippen LogP contribution in [0.3, 0.4) is 0 Å². The van der Waals surface area contributed by atoms with E-state index in [0.29, 0.717) is 11.0 Å². The van der Waals surface area contributed by atoms with Gasteiger partial charge < -0.3 is 14.6 Å². The number of nitrogens with zero attached hydrogens (tertiary/aromatic N) is 3. The minimum Gasteiger partial charge on any atom is -0.477 e. The van der Waals surface area contributed by atoms with Crippen molar-refractivity contribution in [3.8, 4) is 10.6 Å². The molecule has 1 fully saturated rings. The van der Waals surface area contributed by atoms with Gasteiger partial charge in [0, 0.05) is 30.2 Å². The molecule has 144 valence electrons. The summed E-state index contributed by atoms with van der Waals surface area (Å²) < 4.78 is 1.89. The van der Waals surface area contributed by atoms with E-state index in [2.05, 4.69) is 18.0 Å². The molecule has 3 aromatic heterocycles. The lowest BCUT2D eigenvalue weighted by atomic mass is 10.1. The molecule has 0 bridgehead atoms. The van der Waals surface area contributed by atoms with Crippen LogP contribution in [0.25, 0.3) is 21.6 Å². The molecule has 28 heavy (non-hydrogen) atoms. The van der Waals surface area contributed by atoms with Gasteiger partial charge in [-0.1, -0.05) is 0 Å². The first-order valence-corrected chi connectivity index (χ1v) is 10.3. The van der Waals surface area contributed by atoms with E-state index in [4.69, 9.17) is 4.98 Å². The van der Waals surface area contributed by atoms with Gasteiger partial charge in [0.05, 0.1) is 16.0 Å². The van der Waals surface area contributed by atoms with Crippen LogP contribution in [0, 0.1) is 6.92 Å². The van der Waals surface area contributed by atoms with Crippen LogP contribution in [0.15, 0.2) is 23.1 Å². The molecule has 5 rings (SSSR count). The number of hydrogen-bond acceptors (Lipinski definition) is 5. The lowest BCUT2D eigenvalue weighted by Crippen LogP contribution is -2.24. The van der Waals surface area contributed by atoms with Gasteiger partial charge in [0.25, 0.3) is 0 Å². The van der Waals surface area contributed by atoms with E-state index in [9.17, 15) is 14.7 Å². The highest BCUT2D eigenvalue weighted by Gasteiger charge is 2.28. The monoisotopic (exact) mass is 395 g/mol. The molecule has 1 N–H and O–H groups in total. The minimum atomic E-state index is -1.18. The van der Waals surface area contributed by atoms with Crippen molar-refractivity contribution >= 4 is 28.3 Å². The maximum atomic E-state index is 12.7. The Bertz CT molecular complexity index is 1190. The molecule has 7 heteroatoms. The average Bonchev–Trinajstić information content (AvgIpc) is 3.41. The maximum Gasteiger partial charge on any atom is 0.341 e. The molecule has 2 aliphatic rings. The average molecular weight is 395 g/mol. The Morgan fingerprint density at radius 3 is 2.82 bits per heavy atom. The second-order valence-electron chi connectivity index (χ2n) is 7.89. The summed E-state index contributed by atoms with van der Waals surface area (Å²) in [4.78, 5) is 34.0. The maximum absolute atomic E-state index is 12.7. The van der Waals surface area contributed by atoms with E-state index in [1.165, 1.54) is 16.6 Å². The molecule has 4 heterocycles. The Balaban J connectivity index is 1.73. The van der Waals surface area contributed by atoms with Crippen molar-refractivity contribution < 1.29 is 9.90 Å².